The summed E-state index contributed by atoms with van der Waals surface area (Å²) in [5.41, 5.74) is 8.62. The number of anilines is 1. The zero-order valence-electron chi connectivity index (χ0n) is 11.8. The molecular formula is C14H16N2O4. The smallest absolute Gasteiger partial charge is 0.339 e. The number of ether oxygens (including phenoxy) is 2. The first-order valence-corrected chi connectivity index (χ1v) is 5.98. The predicted octanol–water partition coefficient (Wildman–Crippen LogP) is 2.34. The van der Waals surface area contributed by atoms with E-state index in [2.05, 4.69) is 5.16 Å². The van der Waals surface area contributed by atoms with Gasteiger partial charge >= 0.3 is 5.97 Å². The van der Waals surface area contributed by atoms with Gasteiger partial charge in [0.1, 0.15) is 11.5 Å². The highest BCUT2D eigenvalue weighted by molar-refractivity contribution is 5.98. The van der Waals surface area contributed by atoms with Crippen molar-refractivity contribution in [2.24, 2.45) is 0 Å². The molecule has 20 heavy (non-hydrogen) atoms. The van der Waals surface area contributed by atoms with E-state index in [9.17, 15) is 4.79 Å². The highest BCUT2D eigenvalue weighted by Gasteiger charge is 2.20. The molecule has 0 fully saturated rings. The number of rotatable bonds is 3. The summed E-state index contributed by atoms with van der Waals surface area (Å²) < 4.78 is 15.2. The molecule has 106 valence electrons. The standard InChI is InChI=1S/C14H16N2O4/c1-7-13(8(2)20-16-7)10-5-9(14(17)19-4)11(15)6-12(10)18-3/h5-6H,15H2,1-4H3. The summed E-state index contributed by atoms with van der Waals surface area (Å²) in [6.45, 7) is 3.61. The molecule has 0 aliphatic carbocycles. The Labute approximate surface area is 116 Å². The van der Waals surface area contributed by atoms with Gasteiger partial charge in [-0.1, -0.05) is 5.16 Å². The second-order valence-electron chi connectivity index (χ2n) is 4.33. The number of aryl methyl sites for hydroxylation is 2. The minimum atomic E-state index is -0.502. The molecule has 1 heterocycles. The number of esters is 1. The highest BCUT2D eigenvalue weighted by atomic mass is 16.5. The predicted molar refractivity (Wildman–Crippen MR) is 73.7 cm³/mol. The SMILES string of the molecule is COC(=O)c1cc(-c2c(C)noc2C)c(OC)cc1N. The van der Waals surface area contributed by atoms with Crippen LogP contribution in [0.2, 0.25) is 0 Å². The largest absolute Gasteiger partial charge is 0.496 e. The van der Waals surface area contributed by atoms with E-state index in [0.29, 0.717) is 28.5 Å². The summed E-state index contributed by atoms with van der Waals surface area (Å²) >= 11 is 0. The monoisotopic (exact) mass is 276 g/mol. The maximum absolute atomic E-state index is 11.7. The topological polar surface area (TPSA) is 87.6 Å². The Hall–Kier alpha value is -2.50. The summed E-state index contributed by atoms with van der Waals surface area (Å²) in [7, 11) is 2.84. The Kier molecular flexibility index (Phi) is 3.65. The highest BCUT2D eigenvalue weighted by Crippen LogP contribution is 2.37. The summed E-state index contributed by atoms with van der Waals surface area (Å²) in [5.74, 6) is 0.684. The molecule has 0 bridgehead atoms. The number of nitrogens with zero attached hydrogens (tertiary/aromatic N) is 1. The number of nitrogens with two attached hydrogens (primary N) is 1. The molecule has 6 nitrogen and oxygen atoms in total. The van der Waals surface area contributed by atoms with Crippen molar-refractivity contribution in [1.82, 2.24) is 5.16 Å². The number of hydrogen-bond acceptors (Lipinski definition) is 6. The van der Waals surface area contributed by atoms with Gasteiger partial charge in [-0.3, -0.25) is 0 Å². The minimum absolute atomic E-state index is 0.281. The van der Waals surface area contributed by atoms with Gasteiger partial charge in [-0.05, 0) is 19.9 Å². The van der Waals surface area contributed by atoms with E-state index in [1.165, 1.54) is 14.2 Å². The number of benzene rings is 1. The third-order valence-electron chi connectivity index (χ3n) is 3.08. The molecule has 2 aromatic rings. The summed E-state index contributed by atoms with van der Waals surface area (Å²) in [6, 6.07) is 3.22. The lowest BCUT2D eigenvalue weighted by Crippen LogP contribution is -2.07. The molecule has 0 unspecified atom stereocenters. The van der Waals surface area contributed by atoms with Gasteiger partial charge in [-0.15, -0.1) is 0 Å². The summed E-state index contributed by atoms with van der Waals surface area (Å²) in [4.78, 5) is 11.7. The molecule has 1 aromatic heterocycles. The van der Waals surface area contributed by atoms with Gasteiger partial charge < -0.3 is 19.7 Å². The number of aromatic nitrogens is 1. The van der Waals surface area contributed by atoms with Crippen molar-refractivity contribution >= 4 is 11.7 Å². The lowest BCUT2D eigenvalue weighted by atomic mass is 9.99. The van der Waals surface area contributed by atoms with Crippen LogP contribution in [0.4, 0.5) is 5.69 Å². The van der Waals surface area contributed by atoms with E-state index in [1.807, 2.05) is 6.92 Å². The van der Waals surface area contributed by atoms with Crippen molar-refractivity contribution in [2.45, 2.75) is 13.8 Å². The van der Waals surface area contributed by atoms with E-state index in [1.54, 1.807) is 19.1 Å². The van der Waals surface area contributed by atoms with Gasteiger partial charge in [-0.2, -0.15) is 0 Å². The van der Waals surface area contributed by atoms with E-state index in [0.717, 1.165) is 5.56 Å². The third kappa shape index (κ3) is 2.20. The number of methoxy groups -OCH3 is 2. The van der Waals surface area contributed by atoms with Gasteiger partial charge in [0.15, 0.2) is 0 Å². The molecule has 0 spiro atoms. The van der Waals surface area contributed by atoms with E-state index >= 15 is 0 Å². The lowest BCUT2D eigenvalue weighted by Gasteiger charge is -2.12. The van der Waals surface area contributed by atoms with Crippen molar-refractivity contribution in [3.8, 4) is 16.9 Å². The second kappa shape index (κ2) is 5.24. The molecule has 0 atom stereocenters. The molecule has 2 N–H and O–H groups in total. The molecule has 6 heteroatoms. The first-order valence-electron chi connectivity index (χ1n) is 5.98. The Morgan fingerprint density at radius 1 is 1.30 bits per heavy atom. The molecule has 0 radical (unpaired) electrons. The quantitative estimate of drug-likeness (QED) is 0.683. The zero-order valence-corrected chi connectivity index (χ0v) is 11.8. The maximum atomic E-state index is 11.7. The van der Waals surface area contributed by atoms with Crippen LogP contribution in [0, 0.1) is 13.8 Å². The van der Waals surface area contributed by atoms with Crippen molar-refractivity contribution in [3.05, 3.63) is 29.2 Å². The van der Waals surface area contributed by atoms with Gasteiger partial charge in [0.05, 0.1) is 31.0 Å². The Bertz CT molecular complexity index is 642. The van der Waals surface area contributed by atoms with Crippen LogP contribution in [-0.2, 0) is 4.74 Å². The average Bonchev–Trinajstić information content (AvgIpc) is 2.77. The zero-order chi connectivity index (χ0) is 14.9. The number of carbonyl (C=O) groups is 1. The Morgan fingerprint density at radius 3 is 2.50 bits per heavy atom. The molecule has 0 saturated carbocycles. The van der Waals surface area contributed by atoms with Crippen LogP contribution in [-0.4, -0.2) is 25.3 Å². The molecule has 0 amide bonds. The lowest BCUT2D eigenvalue weighted by molar-refractivity contribution is 0.0602. The molecule has 2 rings (SSSR count). The molecule has 0 aliphatic heterocycles. The van der Waals surface area contributed by atoms with Crippen LogP contribution >= 0.6 is 0 Å². The summed E-state index contributed by atoms with van der Waals surface area (Å²) in [5, 5.41) is 3.91. The fraction of sp³-hybridized carbons (Fsp3) is 0.286. The second-order valence-corrected chi connectivity index (χ2v) is 4.33. The average molecular weight is 276 g/mol. The Morgan fingerprint density at radius 2 is 2.00 bits per heavy atom. The molecule has 0 aliphatic rings. The Balaban J connectivity index is 2.71. The summed E-state index contributed by atoms with van der Waals surface area (Å²) in [6.07, 6.45) is 0. The van der Waals surface area contributed by atoms with Crippen molar-refractivity contribution in [3.63, 3.8) is 0 Å². The first kappa shape index (κ1) is 13.9. The molecule has 0 saturated heterocycles. The fourth-order valence-corrected chi connectivity index (χ4v) is 2.11. The maximum Gasteiger partial charge on any atom is 0.339 e. The first-order chi connectivity index (χ1) is 9.49. The number of carbonyl (C=O) groups excluding carboxylic acids is 1. The molecular weight excluding hydrogens is 260 g/mol. The van der Waals surface area contributed by atoms with Gasteiger partial charge in [0.2, 0.25) is 0 Å². The third-order valence-corrected chi connectivity index (χ3v) is 3.08. The van der Waals surface area contributed by atoms with Gasteiger partial charge in [0, 0.05) is 17.3 Å². The van der Waals surface area contributed by atoms with Crippen LogP contribution < -0.4 is 10.5 Å². The van der Waals surface area contributed by atoms with Gasteiger partial charge in [0.25, 0.3) is 0 Å². The minimum Gasteiger partial charge on any atom is -0.496 e. The van der Waals surface area contributed by atoms with Crippen molar-refractivity contribution in [1.29, 1.82) is 0 Å². The van der Waals surface area contributed by atoms with Crippen LogP contribution in [0.3, 0.4) is 0 Å². The number of hydrogen-bond donors (Lipinski definition) is 1. The molecule has 1 aromatic carbocycles. The van der Waals surface area contributed by atoms with Crippen LogP contribution in [0.1, 0.15) is 21.8 Å². The van der Waals surface area contributed by atoms with Crippen molar-refractivity contribution in [2.75, 3.05) is 20.0 Å². The van der Waals surface area contributed by atoms with E-state index in [4.69, 9.17) is 19.7 Å². The van der Waals surface area contributed by atoms with Crippen LogP contribution in [0.25, 0.3) is 11.1 Å². The fourth-order valence-electron chi connectivity index (χ4n) is 2.11. The van der Waals surface area contributed by atoms with E-state index in [-0.39, 0.29) is 5.56 Å². The normalized spacial score (nSPS) is 10.4. The van der Waals surface area contributed by atoms with Gasteiger partial charge in [-0.25, -0.2) is 4.79 Å². The van der Waals surface area contributed by atoms with Crippen LogP contribution in [0.15, 0.2) is 16.7 Å². The van der Waals surface area contributed by atoms with Crippen molar-refractivity contribution < 1.29 is 18.8 Å². The van der Waals surface area contributed by atoms with Crippen LogP contribution in [0.5, 0.6) is 5.75 Å². The van der Waals surface area contributed by atoms with E-state index < -0.39 is 5.97 Å². The number of nitrogen functional groups attached to an aromatic ring is 1.